The standard InChI is InChI=1S/C9H14N4O/c1-5-3-10-8(12-5)7-4-11-9(14)6(2)13-7/h3,6-7,13H,4H2,1-2H3,(H,10,12)(H,11,14). The van der Waals surface area contributed by atoms with Crippen molar-refractivity contribution < 1.29 is 4.79 Å². The fourth-order valence-corrected chi connectivity index (χ4v) is 1.58. The van der Waals surface area contributed by atoms with E-state index in [2.05, 4.69) is 20.6 Å². The van der Waals surface area contributed by atoms with Crippen molar-refractivity contribution >= 4 is 5.91 Å². The maximum Gasteiger partial charge on any atom is 0.236 e. The third-order valence-electron chi connectivity index (χ3n) is 2.38. The van der Waals surface area contributed by atoms with Crippen molar-refractivity contribution in [2.45, 2.75) is 25.9 Å². The number of hydrogen-bond acceptors (Lipinski definition) is 3. The SMILES string of the molecule is Cc1cnc(C2CNC(=O)C(C)N2)[nH]1. The van der Waals surface area contributed by atoms with Crippen LogP contribution in [-0.4, -0.2) is 28.5 Å². The van der Waals surface area contributed by atoms with Crippen LogP contribution in [0.3, 0.4) is 0 Å². The highest BCUT2D eigenvalue weighted by Crippen LogP contribution is 2.11. The lowest BCUT2D eigenvalue weighted by Gasteiger charge is -2.27. The molecule has 1 fully saturated rings. The maximum absolute atomic E-state index is 11.2. The molecule has 2 heterocycles. The van der Waals surface area contributed by atoms with Crippen LogP contribution < -0.4 is 10.6 Å². The molecule has 14 heavy (non-hydrogen) atoms. The van der Waals surface area contributed by atoms with Gasteiger partial charge in [0.2, 0.25) is 5.91 Å². The molecule has 1 aliphatic rings. The fraction of sp³-hybridized carbons (Fsp3) is 0.556. The fourth-order valence-electron chi connectivity index (χ4n) is 1.58. The summed E-state index contributed by atoms with van der Waals surface area (Å²) in [5, 5.41) is 6.02. The van der Waals surface area contributed by atoms with Crippen LogP contribution in [0.25, 0.3) is 0 Å². The normalized spacial score (nSPS) is 27.4. The highest BCUT2D eigenvalue weighted by atomic mass is 16.2. The summed E-state index contributed by atoms with van der Waals surface area (Å²) in [5.74, 6) is 0.930. The minimum absolute atomic E-state index is 0.0459. The second kappa shape index (κ2) is 3.42. The predicted octanol–water partition coefficient (Wildman–Crippen LogP) is -0.133. The zero-order valence-electron chi connectivity index (χ0n) is 8.29. The van der Waals surface area contributed by atoms with E-state index in [1.807, 2.05) is 13.8 Å². The topological polar surface area (TPSA) is 69.8 Å². The van der Waals surface area contributed by atoms with Crippen LogP contribution in [0.2, 0.25) is 0 Å². The van der Waals surface area contributed by atoms with Crippen molar-refractivity contribution in [3.8, 4) is 0 Å². The molecule has 2 rings (SSSR count). The van der Waals surface area contributed by atoms with Gasteiger partial charge in [0, 0.05) is 18.4 Å². The zero-order valence-corrected chi connectivity index (χ0v) is 8.29. The van der Waals surface area contributed by atoms with Gasteiger partial charge in [-0.25, -0.2) is 4.98 Å². The van der Waals surface area contributed by atoms with Crippen molar-refractivity contribution in [2.24, 2.45) is 0 Å². The second-order valence-electron chi connectivity index (χ2n) is 3.64. The van der Waals surface area contributed by atoms with Crippen molar-refractivity contribution in [3.63, 3.8) is 0 Å². The van der Waals surface area contributed by atoms with Gasteiger partial charge in [0.05, 0.1) is 12.1 Å². The van der Waals surface area contributed by atoms with Gasteiger partial charge in [-0.2, -0.15) is 0 Å². The average molecular weight is 194 g/mol. The molecule has 1 aliphatic heterocycles. The summed E-state index contributed by atoms with van der Waals surface area (Å²) in [6, 6.07) is -0.0597. The number of rotatable bonds is 1. The minimum atomic E-state index is -0.154. The first-order valence-electron chi connectivity index (χ1n) is 4.72. The first-order valence-corrected chi connectivity index (χ1v) is 4.72. The molecule has 0 aromatic carbocycles. The van der Waals surface area contributed by atoms with Gasteiger partial charge in [-0.3, -0.25) is 10.1 Å². The Bertz CT molecular complexity index is 346. The van der Waals surface area contributed by atoms with E-state index >= 15 is 0 Å². The second-order valence-corrected chi connectivity index (χ2v) is 3.64. The molecular formula is C9H14N4O. The third kappa shape index (κ3) is 1.63. The number of nitrogens with one attached hydrogen (secondary N) is 3. The number of carbonyl (C=O) groups excluding carboxylic acids is 1. The molecule has 3 N–H and O–H groups in total. The van der Waals surface area contributed by atoms with E-state index < -0.39 is 0 Å². The van der Waals surface area contributed by atoms with Crippen molar-refractivity contribution in [2.75, 3.05) is 6.54 Å². The molecule has 0 spiro atoms. The molecule has 2 unspecified atom stereocenters. The molecular weight excluding hydrogens is 180 g/mol. The molecule has 0 bridgehead atoms. The molecule has 1 aromatic heterocycles. The first kappa shape index (κ1) is 9.21. The summed E-state index contributed by atoms with van der Waals surface area (Å²) in [6.07, 6.45) is 1.79. The van der Waals surface area contributed by atoms with E-state index in [1.165, 1.54) is 0 Å². The Morgan fingerprint density at radius 3 is 2.93 bits per heavy atom. The average Bonchev–Trinajstić information content (AvgIpc) is 2.57. The largest absolute Gasteiger partial charge is 0.353 e. The van der Waals surface area contributed by atoms with E-state index in [9.17, 15) is 4.79 Å². The smallest absolute Gasteiger partial charge is 0.236 e. The molecule has 5 nitrogen and oxygen atoms in total. The van der Waals surface area contributed by atoms with Crippen LogP contribution in [0, 0.1) is 6.92 Å². The molecule has 1 amide bonds. The van der Waals surface area contributed by atoms with Crippen LogP contribution in [0.15, 0.2) is 6.20 Å². The summed E-state index contributed by atoms with van der Waals surface area (Å²) in [6.45, 7) is 4.40. The van der Waals surface area contributed by atoms with Crippen LogP contribution in [0.4, 0.5) is 0 Å². The zero-order chi connectivity index (χ0) is 10.1. The van der Waals surface area contributed by atoms with Crippen LogP contribution >= 0.6 is 0 Å². The van der Waals surface area contributed by atoms with Crippen molar-refractivity contribution in [1.29, 1.82) is 0 Å². The maximum atomic E-state index is 11.2. The molecule has 0 saturated carbocycles. The lowest BCUT2D eigenvalue weighted by atomic mass is 10.1. The Labute approximate surface area is 82.3 Å². The van der Waals surface area contributed by atoms with Gasteiger partial charge in [0.1, 0.15) is 5.82 Å². The number of carbonyl (C=O) groups is 1. The Kier molecular flexibility index (Phi) is 2.25. The number of aryl methyl sites for hydroxylation is 1. The molecule has 2 atom stereocenters. The minimum Gasteiger partial charge on any atom is -0.353 e. The van der Waals surface area contributed by atoms with E-state index in [0.29, 0.717) is 6.54 Å². The lowest BCUT2D eigenvalue weighted by molar-refractivity contribution is -0.124. The van der Waals surface area contributed by atoms with E-state index in [-0.39, 0.29) is 18.0 Å². The molecule has 0 aliphatic carbocycles. The number of nitrogens with zero attached hydrogens (tertiary/aromatic N) is 1. The number of imidazole rings is 1. The third-order valence-corrected chi connectivity index (χ3v) is 2.38. The van der Waals surface area contributed by atoms with Crippen LogP contribution in [0.1, 0.15) is 24.5 Å². The quantitative estimate of drug-likeness (QED) is 0.583. The number of amides is 1. The number of aromatic nitrogens is 2. The van der Waals surface area contributed by atoms with E-state index in [4.69, 9.17) is 0 Å². The lowest BCUT2D eigenvalue weighted by Crippen LogP contribution is -2.53. The summed E-state index contributed by atoms with van der Waals surface area (Å²) in [4.78, 5) is 18.6. The Balaban J connectivity index is 2.10. The highest BCUT2D eigenvalue weighted by molar-refractivity contribution is 5.82. The predicted molar refractivity (Wildman–Crippen MR) is 51.7 cm³/mol. The van der Waals surface area contributed by atoms with Gasteiger partial charge >= 0.3 is 0 Å². The summed E-state index contributed by atoms with van der Waals surface area (Å²) in [7, 11) is 0. The van der Waals surface area contributed by atoms with Crippen LogP contribution in [0.5, 0.6) is 0 Å². The van der Waals surface area contributed by atoms with Gasteiger partial charge in [0.15, 0.2) is 0 Å². The molecule has 76 valence electrons. The summed E-state index contributed by atoms with van der Waals surface area (Å²) < 4.78 is 0. The van der Waals surface area contributed by atoms with Crippen molar-refractivity contribution in [3.05, 3.63) is 17.7 Å². The highest BCUT2D eigenvalue weighted by Gasteiger charge is 2.26. The van der Waals surface area contributed by atoms with Gasteiger partial charge in [-0.05, 0) is 13.8 Å². The van der Waals surface area contributed by atoms with Crippen LogP contribution in [-0.2, 0) is 4.79 Å². The van der Waals surface area contributed by atoms with Crippen molar-refractivity contribution in [1.82, 2.24) is 20.6 Å². The summed E-state index contributed by atoms with van der Waals surface area (Å²) >= 11 is 0. The number of hydrogen-bond donors (Lipinski definition) is 3. The number of aromatic amines is 1. The van der Waals surface area contributed by atoms with E-state index in [0.717, 1.165) is 11.5 Å². The Hall–Kier alpha value is -1.36. The van der Waals surface area contributed by atoms with Gasteiger partial charge in [0.25, 0.3) is 0 Å². The molecule has 1 aromatic rings. The summed E-state index contributed by atoms with van der Waals surface area (Å²) in [5.41, 5.74) is 1.03. The van der Waals surface area contributed by atoms with Gasteiger partial charge in [-0.1, -0.05) is 0 Å². The molecule has 0 radical (unpaired) electrons. The Morgan fingerprint density at radius 2 is 2.36 bits per heavy atom. The molecule has 1 saturated heterocycles. The van der Waals surface area contributed by atoms with Gasteiger partial charge in [-0.15, -0.1) is 0 Å². The van der Waals surface area contributed by atoms with Gasteiger partial charge < -0.3 is 10.3 Å². The monoisotopic (exact) mass is 194 g/mol. The first-order chi connectivity index (χ1) is 6.66. The Morgan fingerprint density at radius 1 is 1.57 bits per heavy atom. The molecule has 5 heteroatoms. The number of piperazine rings is 1. The number of H-pyrrole nitrogens is 1. The van der Waals surface area contributed by atoms with E-state index in [1.54, 1.807) is 6.20 Å².